The van der Waals surface area contributed by atoms with Crippen molar-refractivity contribution in [1.82, 2.24) is 4.90 Å². The quantitative estimate of drug-likeness (QED) is 0.664. The summed E-state index contributed by atoms with van der Waals surface area (Å²) in [4.78, 5) is 25.8. The Bertz CT molecular complexity index is 799. The van der Waals surface area contributed by atoms with Crippen LogP contribution in [0.3, 0.4) is 0 Å². The number of sulfonamides is 1. The van der Waals surface area contributed by atoms with E-state index in [1.165, 1.54) is 24.3 Å². The SMILES string of the molecule is Cl.NS(=O)(=O)c1ccc(NC(=O)CN2C(C(=O)O)CC3CCCCC32)cc1. The second-order valence-corrected chi connectivity index (χ2v) is 8.55. The highest BCUT2D eigenvalue weighted by Gasteiger charge is 2.45. The lowest BCUT2D eigenvalue weighted by atomic mass is 9.85. The number of fused-ring (bicyclic) bond motifs is 1. The first kappa shape index (κ1) is 21.6. The Morgan fingerprint density at radius 3 is 2.41 bits per heavy atom. The number of nitrogens with two attached hydrogens (primary N) is 1. The molecular formula is C17H24ClN3O5S. The van der Waals surface area contributed by atoms with Crippen LogP contribution in [0.1, 0.15) is 32.1 Å². The standard InChI is InChI=1S/C17H23N3O5S.ClH/c18-26(24,25)13-7-5-12(6-8-13)19-16(21)10-20-14-4-2-1-3-11(14)9-15(20)17(22)23;/h5-8,11,14-15H,1-4,9-10H2,(H,19,21)(H,22,23)(H2,18,24,25);1H. The van der Waals surface area contributed by atoms with Crippen molar-refractivity contribution in [1.29, 1.82) is 0 Å². The number of hydrogen-bond acceptors (Lipinski definition) is 5. The smallest absolute Gasteiger partial charge is 0.320 e. The molecule has 2 fully saturated rings. The van der Waals surface area contributed by atoms with Gasteiger partial charge in [0.25, 0.3) is 0 Å². The molecule has 1 saturated carbocycles. The maximum atomic E-state index is 12.4. The number of anilines is 1. The van der Waals surface area contributed by atoms with Gasteiger partial charge in [0.1, 0.15) is 6.04 Å². The number of benzene rings is 1. The normalized spacial score (nSPS) is 25.3. The molecule has 0 aromatic heterocycles. The van der Waals surface area contributed by atoms with Gasteiger partial charge in [-0.25, -0.2) is 13.6 Å². The van der Waals surface area contributed by atoms with E-state index in [9.17, 15) is 23.1 Å². The molecular weight excluding hydrogens is 394 g/mol. The van der Waals surface area contributed by atoms with Gasteiger partial charge >= 0.3 is 5.97 Å². The minimum absolute atomic E-state index is 0. The van der Waals surface area contributed by atoms with Crippen molar-refractivity contribution >= 4 is 40.0 Å². The highest BCUT2D eigenvalue weighted by Crippen LogP contribution is 2.39. The molecule has 0 bridgehead atoms. The van der Waals surface area contributed by atoms with Gasteiger partial charge in [-0.1, -0.05) is 12.8 Å². The van der Waals surface area contributed by atoms with E-state index in [-0.39, 0.29) is 35.8 Å². The summed E-state index contributed by atoms with van der Waals surface area (Å²) in [5.41, 5.74) is 0.439. The summed E-state index contributed by atoms with van der Waals surface area (Å²) in [5, 5.41) is 17.2. The van der Waals surface area contributed by atoms with E-state index in [4.69, 9.17) is 5.14 Å². The summed E-state index contributed by atoms with van der Waals surface area (Å²) in [6, 6.07) is 5.06. The maximum absolute atomic E-state index is 12.4. The van der Waals surface area contributed by atoms with Crippen molar-refractivity contribution in [3.8, 4) is 0 Å². The lowest BCUT2D eigenvalue weighted by molar-refractivity contribution is -0.143. The molecule has 1 aliphatic carbocycles. The zero-order valence-corrected chi connectivity index (χ0v) is 16.3. The summed E-state index contributed by atoms with van der Waals surface area (Å²) in [5.74, 6) is -0.859. The molecule has 150 valence electrons. The topological polar surface area (TPSA) is 130 Å². The molecule has 3 atom stereocenters. The van der Waals surface area contributed by atoms with Gasteiger partial charge in [-0.3, -0.25) is 14.5 Å². The van der Waals surface area contributed by atoms with Gasteiger partial charge in [-0.15, -0.1) is 12.4 Å². The summed E-state index contributed by atoms with van der Waals surface area (Å²) >= 11 is 0. The fraction of sp³-hybridized carbons (Fsp3) is 0.529. The third kappa shape index (κ3) is 4.98. The van der Waals surface area contributed by atoms with Crippen LogP contribution in [0, 0.1) is 5.92 Å². The van der Waals surface area contributed by atoms with Gasteiger partial charge in [-0.05, 0) is 49.4 Å². The van der Waals surface area contributed by atoms with Crippen LogP contribution in [-0.4, -0.2) is 48.9 Å². The average molecular weight is 418 g/mol. The monoisotopic (exact) mass is 417 g/mol. The van der Waals surface area contributed by atoms with E-state index >= 15 is 0 Å². The third-order valence-electron chi connectivity index (χ3n) is 5.30. The van der Waals surface area contributed by atoms with E-state index in [0.717, 1.165) is 25.7 Å². The van der Waals surface area contributed by atoms with Crippen LogP contribution in [0.4, 0.5) is 5.69 Å². The number of carboxylic acids is 1. The fourth-order valence-electron chi connectivity index (χ4n) is 4.12. The first-order valence-electron chi connectivity index (χ1n) is 8.67. The number of nitrogens with zero attached hydrogens (tertiary/aromatic N) is 1. The van der Waals surface area contributed by atoms with Crippen LogP contribution in [0.2, 0.25) is 0 Å². The Labute approximate surface area is 164 Å². The number of halogens is 1. The number of amides is 1. The molecule has 0 spiro atoms. The number of carbonyl (C=O) groups is 2. The number of carboxylic acid groups (broad SMARTS) is 1. The van der Waals surface area contributed by atoms with Gasteiger partial charge in [0.05, 0.1) is 11.4 Å². The van der Waals surface area contributed by atoms with Crippen molar-refractivity contribution in [3.63, 3.8) is 0 Å². The van der Waals surface area contributed by atoms with Crippen LogP contribution in [0.25, 0.3) is 0 Å². The molecule has 3 rings (SSSR count). The minimum atomic E-state index is -3.78. The second kappa shape index (κ2) is 8.55. The predicted molar refractivity (Wildman–Crippen MR) is 102 cm³/mol. The molecule has 1 amide bonds. The molecule has 1 saturated heterocycles. The largest absolute Gasteiger partial charge is 0.480 e. The Balaban J connectivity index is 0.00000261. The molecule has 4 N–H and O–H groups in total. The van der Waals surface area contributed by atoms with Crippen LogP contribution in [0.5, 0.6) is 0 Å². The molecule has 1 aromatic carbocycles. The van der Waals surface area contributed by atoms with Crippen molar-refractivity contribution in [3.05, 3.63) is 24.3 Å². The van der Waals surface area contributed by atoms with E-state index < -0.39 is 22.0 Å². The lowest BCUT2D eigenvalue weighted by Crippen LogP contribution is -2.46. The third-order valence-corrected chi connectivity index (χ3v) is 6.23. The Kier molecular flexibility index (Phi) is 6.85. The molecule has 1 aliphatic heterocycles. The van der Waals surface area contributed by atoms with Crippen molar-refractivity contribution in [2.45, 2.75) is 49.1 Å². The van der Waals surface area contributed by atoms with Crippen molar-refractivity contribution < 1.29 is 23.1 Å². The summed E-state index contributed by atoms with van der Waals surface area (Å²) in [7, 11) is -3.78. The van der Waals surface area contributed by atoms with E-state index in [1.807, 2.05) is 0 Å². The van der Waals surface area contributed by atoms with Gasteiger partial charge in [0.2, 0.25) is 15.9 Å². The summed E-state index contributed by atoms with van der Waals surface area (Å²) in [6.45, 7) is 0.00900. The van der Waals surface area contributed by atoms with Gasteiger partial charge in [-0.2, -0.15) is 0 Å². The summed E-state index contributed by atoms with van der Waals surface area (Å²) in [6.07, 6.45) is 4.70. The minimum Gasteiger partial charge on any atom is -0.480 e. The van der Waals surface area contributed by atoms with E-state index in [0.29, 0.717) is 18.0 Å². The van der Waals surface area contributed by atoms with E-state index in [2.05, 4.69) is 5.32 Å². The van der Waals surface area contributed by atoms with E-state index in [1.54, 1.807) is 4.90 Å². The molecule has 1 aromatic rings. The Hall–Kier alpha value is -1.68. The first-order chi connectivity index (χ1) is 12.3. The molecule has 2 aliphatic rings. The van der Waals surface area contributed by atoms with Crippen LogP contribution >= 0.6 is 12.4 Å². The average Bonchev–Trinajstić information content (AvgIpc) is 2.93. The summed E-state index contributed by atoms with van der Waals surface area (Å²) < 4.78 is 22.5. The lowest BCUT2D eigenvalue weighted by Gasteiger charge is -2.32. The number of primary sulfonamides is 1. The fourth-order valence-corrected chi connectivity index (χ4v) is 4.63. The van der Waals surface area contributed by atoms with Crippen molar-refractivity contribution in [2.24, 2.45) is 11.1 Å². The maximum Gasteiger partial charge on any atom is 0.320 e. The predicted octanol–water partition coefficient (Wildman–Crippen LogP) is 1.41. The number of rotatable bonds is 5. The molecule has 27 heavy (non-hydrogen) atoms. The Morgan fingerprint density at radius 2 is 1.81 bits per heavy atom. The zero-order valence-electron chi connectivity index (χ0n) is 14.7. The molecule has 10 heteroatoms. The molecule has 0 radical (unpaired) electrons. The van der Waals surface area contributed by atoms with Gasteiger partial charge < -0.3 is 10.4 Å². The molecule has 1 heterocycles. The van der Waals surface area contributed by atoms with Crippen LogP contribution in [0.15, 0.2) is 29.2 Å². The Morgan fingerprint density at radius 1 is 1.19 bits per heavy atom. The van der Waals surface area contributed by atoms with Crippen LogP contribution < -0.4 is 10.5 Å². The highest BCUT2D eigenvalue weighted by molar-refractivity contribution is 7.89. The number of hydrogen-bond donors (Lipinski definition) is 3. The number of carbonyl (C=O) groups excluding carboxylic acids is 1. The van der Waals surface area contributed by atoms with Gasteiger partial charge in [0, 0.05) is 11.7 Å². The molecule has 3 unspecified atom stereocenters. The molecule has 8 nitrogen and oxygen atoms in total. The van der Waals surface area contributed by atoms with Crippen molar-refractivity contribution in [2.75, 3.05) is 11.9 Å². The first-order valence-corrected chi connectivity index (χ1v) is 10.2. The highest BCUT2D eigenvalue weighted by atomic mass is 35.5. The second-order valence-electron chi connectivity index (χ2n) is 6.99. The zero-order chi connectivity index (χ0) is 18.9. The number of likely N-dealkylation sites (tertiary alicyclic amines) is 1. The van der Waals surface area contributed by atoms with Crippen LogP contribution in [-0.2, 0) is 19.6 Å². The number of aliphatic carboxylic acids is 1. The number of nitrogens with one attached hydrogen (secondary N) is 1. The van der Waals surface area contributed by atoms with Gasteiger partial charge in [0.15, 0.2) is 0 Å².